The topological polar surface area (TPSA) is 90.7 Å². The Labute approximate surface area is 96.5 Å². The smallest absolute Gasteiger partial charge is 0.230 e. The minimum atomic E-state index is 0.0455. The fourth-order valence-electron chi connectivity index (χ4n) is 1.80. The first-order chi connectivity index (χ1) is 8.27. The van der Waals surface area contributed by atoms with E-state index >= 15 is 0 Å². The Bertz CT molecular complexity index is 565. The molecule has 3 N–H and O–H groups in total. The Balaban J connectivity index is 2.25. The summed E-state index contributed by atoms with van der Waals surface area (Å²) < 4.78 is 15.7. The van der Waals surface area contributed by atoms with E-state index in [1.807, 2.05) is 0 Å². The molecule has 2 aromatic rings. The average molecular weight is 234 g/mol. The fourth-order valence-corrected chi connectivity index (χ4v) is 1.80. The summed E-state index contributed by atoms with van der Waals surface area (Å²) in [5, 5.41) is 13.5. The Morgan fingerprint density at radius 2 is 2.06 bits per heavy atom. The molecular weight excluding hydrogens is 224 g/mol. The monoisotopic (exact) mass is 234 g/mol. The number of fused-ring (bicyclic) bond motifs is 1. The number of hydrogen-bond acceptors (Lipinski definition) is 6. The fraction of sp³-hybridized carbons (Fsp3) is 0.182. The predicted molar refractivity (Wildman–Crippen MR) is 59.0 cm³/mol. The molecule has 6 heteroatoms. The Hall–Kier alpha value is -2.37. The number of nitrogens with zero attached hydrogens (tertiary/aromatic N) is 1. The molecular formula is C11H10N2O4. The van der Waals surface area contributed by atoms with Crippen LogP contribution in [0.1, 0.15) is 0 Å². The Kier molecular flexibility index (Phi) is 2.07. The van der Waals surface area contributed by atoms with Gasteiger partial charge in [-0.2, -0.15) is 0 Å². The summed E-state index contributed by atoms with van der Waals surface area (Å²) in [5.74, 6) is 1.21. The van der Waals surface area contributed by atoms with Gasteiger partial charge >= 0.3 is 0 Å². The number of hydrogen-bond donors (Lipinski definition) is 2. The van der Waals surface area contributed by atoms with Gasteiger partial charge in [-0.05, 0) is 12.1 Å². The molecule has 0 radical (unpaired) electrons. The van der Waals surface area contributed by atoms with Gasteiger partial charge in [-0.15, -0.1) is 0 Å². The molecule has 1 aliphatic rings. The van der Waals surface area contributed by atoms with Crippen LogP contribution in [0.5, 0.6) is 17.2 Å². The van der Waals surface area contributed by atoms with E-state index in [1.54, 1.807) is 6.07 Å². The quantitative estimate of drug-likeness (QED) is 0.775. The maximum absolute atomic E-state index is 9.90. The maximum Gasteiger partial charge on any atom is 0.230 e. The van der Waals surface area contributed by atoms with Crippen molar-refractivity contribution in [3.63, 3.8) is 0 Å². The van der Waals surface area contributed by atoms with Crippen LogP contribution in [0.15, 0.2) is 22.9 Å². The zero-order valence-electron chi connectivity index (χ0n) is 8.84. The van der Waals surface area contributed by atoms with Crippen molar-refractivity contribution >= 4 is 5.88 Å². The summed E-state index contributed by atoms with van der Waals surface area (Å²) in [7, 11) is 0. The van der Waals surface area contributed by atoms with Gasteiger partial charge in [-0.1, -0.05) is 5.16 Å². The molecule has 1 aromatic carbocycles. The summed E-state index contributed by atoms with van der Waals surface area (Å²) in [5.41, 5.74) is 6.57. The van der Waals surface area contributed by atoms with Gasteiger partial charge in [0.1, 0.15) is 19.0 Å². The molecule has 0 saturated heterocycles. The number of anilines is 1. The number of aromatic nitrogens is 1. The largest absolute Gasteiger partial charge is 0.507 e. The Morgan fingerprint density at radius 3 is 2.82 bits per heavy atom. The van der Waals surface area contributed by atoms with Crippen molar-refractivity contribution in [3.8, 4) is 28.4 Å². The molecule has 0 spiro atoms. The normalized spacial score (nSPS) is 13.6. The van der Waals surface area contributed by atoms with Crippen LogP contribution in [0.4, 0.5) is 5.88 Å². The SMILES string of the molecule is Nc1oncc1-c1c(O)ccc2c1OCCO2. The summed E-state index contributed by atoms with van der Waals surface area (Å²) in [6.45, 7) is 0.908. The first-order valence-electron chi connectivity index (χ1n) is 5.09. The molecule has 0 saturated carbocycles. The molecule has 1 aliphatic heterocycles. The molecule has 17 heavy (non-hydrogen) atoms. The molecule has 0 atom stereocenters. The first kappa shape index (κ1) is 9.83. The molecule has 0 unspecified atom stereocenters. The van der Waals surface area contributed by atoms with Crippen LogP contribution < -0.4 is 15.2 Å². The summed E-state index contributed by atoms with van der Waals surface area (Å²) in [6.07, 6.45) is 1.43. The highest BCUT2D eigenvalue weighted by atomic mass is 16.6. The van der Waals surface area contributed by atoms with E-state index in [2.05, 4.69) is 5.16 Å². The van der Waals surface area contributed by atoms with Crippen molar-refractivity contribution in [1.29, 1.82) is 0 Å². The van der Waals surface area contributed by atoms with E-state index in [1.165, 1.54) is 12.3 Å². The lowest BCUT2D eigenvalue weighted by Gasteiger charge is -2.21. The minimum Gasteiger partial charge on any atom is -0.507 e. The van der Waals surface area contributed by atoms with Gasteiger partial charge in [0.25, 0.3) is 0 Å². The van der Waals surface area contributed by atoms with Gasteiger partial charge in [-0.3, -0.25) is 0 Å². The maximum atomic E-state index is 9.90. The van der Waals surface area contributed by atoms with Crippen molar-refractivity contribution in [2.45, 2.75) is 0 Å². The lowest BCUT2D eigenvalue weighted by atomic mass is 10.1. The van der Waals surface area contributed by atoms with Crippen molar-refractivity contribution in [3.05, 3.63) is 18.3 Å². The summed E-state index contributed by atoms with van der Waals surface area (Å²) in [4.78, 5) is 0. The third kappa shape index (κ3) is 1.45. The van der Waals surface area contributed by atoms with Crippen LogP contribution in [0.25, 0.3) is 11.1 Å². The molecule has 2 heterocycles. The lowest BCUT2D eigenvalue weighted by molar-refractivity contribution is 0.172. The summed E-state index contributed by atoms with van der Waals surface area (Å²) >= 11 is 0. The van der Waals surface area contributed by atoms with Gasteiger partial charge in [0, 0.05) is 0 Å². The van der Waals surface area contributed by atoms with E-state index < -0.39 is 0 Å². The number of nitrogens with two attached hydrogens (primary N) is 1. The van der Waals surface area contributed by atoms with Crippen LogP contribution in [-0.2, 0) is 0 Å². The molecule has 1 aromatic heterocycles. The number of aromatic hydroxyl groups is 1. The lowest BCUT2D eigenvalue weighted by Crippen LogP contribution is -2.15. The highest BCUT2D eigenvalue weighted by Crippen LogP contribution is 2.46. The number of phenols is 1. The van der Waals surface area contributed by atoms with Crippen LogP contribution >= 0.6 is 0 Å². The predicted octanol–water partition coefficient (Wildman–Crippen LogP) is 1.40. The van der Waals surface area contributed by atoms with E-state index in [4.69, 9.17) is 19.7 Å². The standard InChI is InChI=1S/C11H10N2O4/c12-11-6(5-13-17-11)9-7(14)1-2-8-10(9)16-4-3-15-8/h1-2,5,14H,3-4,12H2. The number of nitrogen functional groups attached to an aromatic ring is 1. The van der Waals surface area contributed by atoms with Crippen molar-refractivity contribution in [1.82, 2.24) is 5.16 Å². The van der Waals surface area contributed by atoms with Crippen molar-refractivity contribution < 1.29 is 19.1 Å². The van der Waals surface area contributed by atoms with E-state index in [-0.39, 0.29) is 11.6 Å². The number of phenolic OH excluding ortho intramolecular Hbond substituents is 1. The second-order valence-corrected chi connectivity index (χ2v) is 3.59. The molecule has 0 amide bonds. The van der Waals surface area contributed by atoms with Gasteiger partial charge in [0.15, 0.2) is 11.5 Å². The third-order valence-corrected chi connectivity index (χ3v) is 2.55. The average Bonchev–Trinajstić information content (AvgIpc) is 2.75. The molecule has 0 aliphatic carbocycles. The first-order valence-corrected chi connectivity index (χ1v) is 5.09. The molecule has 0 bridgehead atoms. The molecule has 6 nitrogen and oxygen atoms in total. The van der Waals surface area contributed by atoms with Gasteiger partial charge in [-0.25, -0.2) is 0 Å². The number of benzene rings is 1. The number of ether oxygens (including phenoxy) is 2. The zero-order chi connectivity index (χ0) is 11.8. The third-order valence-electron chi connectivity index (χ3n) is 2.55. The second kappa shape index (κ2) is 3.58. The van der Waals surface area contributed by atoms with Crippen LogP contribution in [0.2, 0.25) is 0 Å². The highest BCUT2D eigenvalue weighted by molar-refractivity contribution is 5.84. The van der Waals surface area contributed by atoms with E-state index in [0.29, 0.717) is 35.8 Å². The Morgan fingerprint density at radius 1 is 1.24 bits per heavy atom. The molecule has 3 rings (SSSR count). The molecule has 88 valence electrons. The van der Waals surface area contributed by atoms with Crippen LogP contribution in [-0.4, -0.2) is 23.5 Å². The number of rotatable bonds is 1. The van der Waals surface area contributed by atoms with E-state index in [9.17, 15) is 5.11 Å². The van der Waals surface area contributed by atoms with Crippen molar-refractivity contribution in [2.24, 2.45) is 0 Å². The van der Waals surface area contributed by atoms with Crippen molar-refractivity contribution in [2.75, 3.05) is 18.9 Å². The highest BCUT2D eigenvalue weighted by Gasteiger charge is 2.23. The van der Waals surface area contributed by atoms with Crippen LogP contribution in [0, 0.1) is 0 Å². The van der Waals surface area contributed by atoms with Gasteiger partial charge in [0.05, 0.1) is 17.3 Å². The van der Waals surface area contributed by atoms with Gasteiger partial charge < -0.3 is 24.8 Å². The molecule has 0 fully saturated rings. The van der Waals surface area contributed by atoms with E-state index in [0.717, 1.165) is 0 Å². The minimum absolute atomic E-state index is 0.0455. The second-order valence-electron chi connectivity index (χ2n) is 3.59. The zero-order valence-corrected chi connectivity index (χ0v) is 8.84. The van der Waals surface area contributed by atoms with Gasteiger partial charge in [0.2, 0.25) is 5.88 Å². The van der Waals surface area contributed by atoms with Crippen LogP contribution in [0.3, 0.4) is 0 Å². The summed E-state index contributed by atoms with van der Waals surface area (Å²) in [6, 6.07) is 3.17.